The Morgan fingerprint density at radius 1 is 1.59 bits per heavy atom. The summed E-state index contributed by atoms with van der Waals surface area (Å²) in [5, 5.41) is 17.7. The monoisotopic (exact) mass is 261 g/mol. The molecule has 1 aromatic rings. The van der Waals surface area contributed by atoms with Gasteiger partial charge in [0, 0.05) is 11.4 Å². The number of halogens is 3. The molecule has 0 radical (unpaired) electrons. The van der Waals surface area contributed by atoms with Gasteiger partial charge in [-0.15, -0.1) is 11.6 Å². The van der Waals surface area contributed by atoms with Crippen LogP contribution in [0.5, 0.6) is 5.75 Å². The second-order valence-electron chi connectivity index (χ2n) is 2.89. The number of aromatic carboxylic acids is 1. The summed E-state index contributed by atoms with van der Waals surface area (Å²) in [6, 6.07) is 3.68. The van der Waals surface area contributed by atoms with E-state index in [2.05, 4.69) is 4.74 Å². The van der Waals surface area contributed by atoms with Crippen LogP contribution < -0.4 is 4.74 Å². The number of ether oxygens (including phenoxy) is 1. The number of benzene rings is 1. The molecule has 1 N–H and O–H groups in total. The molecule has 0 aliphatic rings. The third-order valence-corrected chi connectivity index (χ3v) is 2.23. The van der Waals surface area contributed by atoms with Gasteiger partial charge in [0.1, 0.15) is 11.8 Å². The van der Waals surface area contributed by atoms with Crippen LogP contribution in [-0.2, 0) is 5.88 Å². The highest BCUT2D eigenvalue weighted by Gasteiger charge is 2.19. The lowest BCUT2D eigenvalue weighted by Crippen LogP contribution is -2.08. The van der Waals surface area contributed by atoms with Gasteiger partial charge in [-0.3, -0.25) is 0 Å². The third-order valence-electron chi connectivity index (χ3n) is 1.97. The quantitative estimate of drug-likeness (QED) is 0.846. The van der Waals surface area contributed by atoms with Crippen molar-refractivity contribution >= 4 is 17.6 Å². The van der Waals surface area contributed by atoms with E-state index in [1.165, 1.54) is 0 Å². The summed E-state index contributed by atoms with van der Waals surface area (Å²) < 4.78 is 28.2. The molecule has 7 heteroatoms. The van der Waals surface area contributed by atoms with Crippen molar-refractivity contribution in [2.75, 3.05) is 0 Å². The average Bonchev–Trinajstić information content (AvgIpc) is 2.26. The fourth-order valence-electron chi connectivity index (χ4n) is 1.28. The molecule has 90 valence electrons. The standard InChI is InChI=1S/C10H6ClF2NO3/c11-3-6-5(9(15)16)1-2-8(7(6)4-14)17-10(12)13/h1-2,10H,3H2,(H,15,16). The number of hydrogen-bond donors (Lipinski definition) is 1. The van der Waals surface area contributed by atoms with Gasteiger partial charge in [0.2, 0.25) is 0 Å². The van der Waals surface area contributed by atoms with Gasteiger partial charge in [0.05, 0.1) is 11.1 Å². The van der Waals surface area contributed by atoms with Gasteiger partial charge >= 0.3 is 12.6 Å². The molecule has 4 nitrogen and oxygen atoms in total. The number of carboxylic acid groups (broad SMARTS) is 1. The van der Waals surface area contributed by atoms with Gasteiger partial charge < -0.3 is 9.84 Å². The molecule has 0 unspecified atom stereocenters. The Morgan fingerprint density at radius 2 is 2.24 bits per heavy atom. The Bertz CT molecular complexity index is 485. The molecular weight excluding hydrogens is 256 g/mol. The summed E-state index contributed by atoms with van der Waals surface area (Å²) in [6.07, 6.45) is 0. The normalized spacial score (nSPS) is 10.1. The van der Waals surface area contributed by atoms with E-state index in [4.69, 9.17) is 22.0 Å². The Morgan fingerprint density at radius 3 is 2.65 bits per heavy atom. The van der Waals surface area contributed by atoms with E-state index in [-0.39, 0.29) is 28.3 Å². The average molecular weight is 262 g/mol. The highest BCUT2D eigenvalue weighted by molar-refractivity contribution is 6.18. The molecule has 0 aromatic heterocycles. The van der Waals surface area contributed by atoms with Crippen molar-refractivity contribution < 1.29 is 23.4 Å². The van der Waals surface area contributed by atoms with Crippen molar-refractivity contribution in [3.05, 3.63) is 28.8 Å². The molecule has 0 saturated heterocycles. The van der Waals surface area contributed by atoms with Crippen LogP contribution in [0, 0.1) is 11.3 Å². The first-order valence-corrected chi connectivity index (χ1v) is 4.84. The van der Waals surface area contributed by atoms with Crippen LogP contribution in [-0.4, -0.2) is 17.7 Å². The minimum atomic E-state index is -3.10. The first-order chi connectivity index (χ1) is 8.01. The fraction of sp³-hybridized carbons (Fsp3) is 0.200. The number of nitrogens with zero attached hydrogens (tertiary/aromatic N) is 1. The molecule has 0 fully saturated rings. The summed E-state index contributed by atoms with van der Waals surface area (Å²) in [5.41, 5.74) is -0.543. The fourth-order valence-corrected chi connectivity index (χ4v) is 1.56. The van der Waals surface area contributed by atoms with Crippen LogP contribution in [0.3, 0.4) is 0 Å². The molecule has 1 rings (SSSR count). The van der Waals surface area contributed by atoms with Crippen molar-refractivity contribution in [2.24, 2.45) is 0 Å². The van der Waals surface area contributed by atoms with E-state index in [0.717, 1.165) is 12.1 Å². The van der Waals surface area contributed by atoms with E-state index in [0.29, 0.717) is 0 Å². The number of hydrogen-bond acceptors (Lipinski definition) is 3. The maximum Gasteiger partial charge on any atom is 0.387 e. The van der Waals surface area contributed by atoms with Crippen molar-refractivity contribution in [3.8, 4) is 11.8 Å². The van der Waals surface area contributed by atoms with Crippen molar-refractivity contribution in [2.45, 2.75) is 12.5 Å². The second kappa shape index (κ2) is 5.46. The minimum Gasteiger partial charge on any atom is -0.478 e. The molecule has 0 bridgehead atoms. The molecular formula is C10H6ClF2NO3. The number of alkyl halides is 3. The summed E-state index contributed by atoms with van der Waals surface area (Å²) >= 11 is 5.51. The highest BCUT2D eigenvalue weighted by atomic mass is 35.5. The maximum atomic E-state index is 12.1. The zero-order valence-electron chi connectivity index (χ0n) is 8.28. The molecule has 17 heavy (non-hydrogen) atoms. The number of carboxylic acids is 1. The number of carbonyl (C=O) groups is 1. The zero-order chi connectivity index (χ0) is 13.0. The summed E-state index contributed by atoms with van der Waals surface area (Å²) in [6.45, 7) is -3.10. The first kappa shape index (κ1) is 13.2. The van der Waals surface area contributed by atoms with Crippen LogP contribution in [0.25, 0.3) is 0 Å². The smallest absolute Gasteiger partial charge is 0.387 e. The van der Waals surface area contributed by atoms with Gasteiger partial charge in [0.25, 0.3) is 0 Å². The predicted molar refractivity (Wildman–Crippen MR) is 54.3 cm³/mol. The molecule has 0 spiro atoms. The molecule has 0 heterocycles. The minimum absolute atomic E-state index is 0.0418. The van der Waals surface area contributed by atoms with E-state index in [1.54, 1.807) is 6.07 Å². The summed E-state index contributed by atoms with van der Waals surface area (Å²) in [5.74, 6) is -1.96. The largest absolute Gasteiger partial charge is 0.478 e. The summed E-state index contributed by atoms with van der Waals surface area (Å²) in [7, 11) is 0. The second-order valence-corrected chi connectivity index (χ2v) is 3.16. The highest BCUT2D eigenvalue weighted by Crippen LogP contribution is 2.27. The number of nitriles is 1. The molecule has 0 aliphatic carbocycles. The van der Waals surface area contributed by atoms with Gasteiger partial charge in [-0.2, -0.15) is 14.0 Å². The zero-order valence-corrected chi connectivity index (χ0v) is 9.04. The topological polar surface area (TPSA) is 70.3 Å². The third kappa shape index (κ3) is 2.82. The molecule has 0 saturated carbocycles. The predicted octanol–water partition coefficient (Wildman–Crippen LogP) is 2.60. The van der Waals surface area contributed by atoms with Crippen LogP contribution in [0.15, 0.2) is 12.1 Å². The Labute approximate surface area is 100.0 Å². The van der Waals surface area contributed by atoms with Crippen molar-refractivity contribution in [1.82, 2.24) is 0 Å². The lowest BCUT2D eigenvalue weighted by Gasteiger charge is -2.11. The van der Waals surface area contributed by atoms with Crippen LogP contribution in [0.4, 0.5) is 8.78 Å². The summed E-state index contributed by atoms with van der Waals surface area (Å²) in [4.78, 5) is 10.8. The van der Waals surface area contributed by atoms with Crippen molar-refractivity contribution in [3.63, 3.8) is 0 Å². The van der Waals surface area contributed by atoms with E-state index in [1.807, 2.05) is 0 Å². The van der Waals surface area contributed by atoms with Crippen molar-refractivity contribution in [1.29, 1.82) is 5.26 Å². The van der Waals surface area contributed by atoms with Gasteiger partial charge in [-0.05, 0) is 12.1 Å². The van der Waals surface area contributed by atoms with Gasteiger partial charge in [-0.25, -0.2) is 4.79 Å². The lowest BCUT2D eigenvalue weighted by molar-refractivity contribution is -0.0500. The van der Waals surface area contributed by atoms with Gasteiger partial charge in [-0.1, -0.05) is 0 Å². The Hall–Kier alpha value is -1.87. The molecule has 0 amide bonds. The number of rotatable bonds is 4. The maximum absolute atomic E-state index is 12.1. The Balaban J connectivity index is 3.39. The molecule has 1 aromatic carbocycles. The lowest BCUT2D eigenvalue weighted by atomic mass is 10.0. The first-order valence-electron chi connectivity index (χ1n) is 4.31. The van der Waals surface area contributed by atoms with Gasteiger partial charge in [0.15, 0.2) is 0 Å². The van der Waals surface area contributed by atoms with Crippen LogP contribution in [0.2, 0.25) is 0 Å². The molecule has 0 aliphatic heterocycles. The molecule has 0 atom stereocenters. The SMILES string of the molecule is N#Cc1c(OC(F)F)ccc(C(=O)O)c1CCl. The van der Waals surface area contributed by atoms with E-state index >= 15 is 0 Å². The van der Waals surface area contributed by atoms with Crippen LogP contribution >= 0.6 is 11.6 Å². The van der Waals surface area contributed by atoms with Crippen LogP contribution in [0.1, 0.15) is 21.5 Å². The van der Waals surface area contributed by atoms with E-state index < -0.39 is 12.6 Å². The Kier molecular flexibility index (Phi) is 4.24. The van der Waals surface area contributed by atoms with E-state index in [9.17, 15) is 13.6 Å².